The van der Waals surface area contributed by atoms with Crippen molar-refractivity contribution in [1.29, 1.82) is 0 Å². The fraction of sp³-hybridized carbons (Fsp3) is 0.440. The van der Waals surface area contributed by atoms with Gasteiger partial charge in [-0.15, -0.1) is 24.5 Å². The molecule has 2 aromatic rings. The molecular weight excluding hydrogens is 657 g/mol. The van der Waals surface area contributed by atoms with Crippen molar-refractivity contribution in [3.63, 3.8) is 0 Å². The molecule has 0 aliphatic carbocycles. The molecule has 2 fully saturated rings. The molecule has 0 bridgehead atoms. The molecular formula is C25H28ClF3N4O7S3. The molecule has 0 unspecified atom stereocenters. The van der Waals surface area contributed by atoms with Crippen molar-refractivity contribution in [2.24, 2.45) is 0 Å². The van der Waals surface area contributed by atoms with Crippen LogP contribution in [0.3, 0.4) is 0 Å². The average molecular weight is 685 g/mol. The molecule has 0 radical (unpaired) electrons. The Morgan fingerprint density at radius 1 is 1.07 bits per heavy atom. The van der Waals surface area contributed by atoms with Gasteiger partial charge in [0, 0.05) is 36.0 Å². The van der Waals surface area contributed by atoms with E-state index in [-0.39, 0.29) is 31.0 Å². The molecule has 1 aromatic heterocycles. The first-order chi connectivity index (χ1) is 20.1. The summed E-state index contributed by atoms with van der Waals surface area (Å²) in [6.45, 7) is 0.146. The van der Waals surface area contributed by atoms with Crippen molar-refractivity contribution in [1.82, 2.24) is 19.2 Å². The summed E-state index contributed by atoms with van der Waals surface area (Å²) in [5.74, 6) is -1.52. The van der Waals surface area contributed by atoms with E-state index in [1.54, 1.807) is 12.1 Å². The molecule has 2 atom stereocenters. The van der Waals surface area contributed by atoms with Crippen molar-refractivity contribution in [2.45, 2.75) is 49.0 Å². The molecule has 43 heavy (non-hydrogen) atoms. The van der Waals surface area contributed by atoms with E-state index < -0.39 is 56.1 Å². The number of ether oxygens (including phenoxy) is 1. The Labute approximate surface area is 255 Å². The van der Waals surface area contributed by atoms with E-state index in [1.165, 1.54) is 27.2 Å². The van der Waals surface area contributed by atoms with E-state index in [0.29, 0.717) is 35.0 Å². The van der Waals surface area contributed by atoms with Crippen LogP contribution in [0.4, 0.5) is 13.2 Å². The minimum Gasteiger partial charge on any atom is -0.406 e. The van der Waals surface area contributed by atoms with Crippen LogP contribution in [0.5, 0.6) is 5.75 Å². The van der Waals surface area contributed by atoms with Gasteiger partial charge in [0.1, 0.15) is 11.8 Å². The minimum atomic E-state index is -4.91. The Balaban J connectivity index is 1.32. The maximum absolute atomic E-state index is 13.2. The van der Waals surface area contributed by atoms with Crippen LogP contribution >= 0.6 is 22.9 Å². The summed E-state index contributed by atoms with van der Waals surface area (Å²) < 4.78 is 96.6. The van der Waals surface area contributed by atoms with Gasteiger partial charge >= 0.3 is 6.36 Å². The summed E-state index contributed by atoms with van der Waals surface area (Å²) in [7, 11) is -8.07. The standard InChI is InChI=1S/C25H28ClF3N4O7S3/c26-22-10-7-19(41-22)11-14-42(36,37)31-21-4-2-12-32(24(21)35)16-23(34)33-13-1-3-17(33)15-30-43(38,39)20-8-5-18(6-9-20)40-25(27,28)29/h5-11,14,17,21,30-31H,1-4,12-13,15-16H2/t17-,21-/m0/s1. The van der Waals surface area contributed by atoms with Crippen LogP contribution in [0.1, 0.15) is 30.6 Å². The largest absolute Gasteiger partial charge is 0.573 e. The minimum absolute atomic E-state index is 0.146. The predicted molar refractivity (Wildman–Crippen MR) is 153 cm³/mol. The zero-order chi connectivity index (χ0) is 31.4. The van der Waals surface area contributed by atoms with Gasteiger partial charge in [0.25, 0.3) is 0 Å². The summed E-state index contributed by atoms with van der Waals surface area (Å²) in [5, 5.41) is 0.951. The number of amides is 2. The number of hydrogen-bond donors (Lipinski definition) is 2. The number of halogens is 4. The number of nitrogens with one attached hydrogen (secondary N) is 2. The number of benzene rings is 1. The molecule has 0 saturated carbocycles. The molecule has 2 aliphatic heterocycles. The quantitative estimate of drug-likeness (QED) is 0.370. The van der Waals surface area contributed by atoms with Gasteiger partial charge in [-0.2, -0.15) is 4.72 Å². The molecule has 3 heterocycles. The normalized spacial score (nSPS) is 20.2. The number of carbonyl (C=O) groups excluding carboxylic acids is 2. The monoisotopic (exact) mass is 684 g/mol. The molecule has 2 amide bonds. The number of rotatable bonds is 11. The SMILES string of the molecule is O=C1[C@@H](NS(=O)(=O)C=Cc2ccc(Cl)s2)CCCN1CC(=O)N1CCC[C@H]1CNS(=O)(=O)c1ccc(OC(F)(F)F)cc1. The van der Waals surface area contributed by atoms with Crippen LogP contribution in [0.25, 0.3) is 6.08 Å². The number of nitrogens with zero attached hydrogens (tertiary/aromatic N) is 2. The Kier molecular flexibility index (Phi) is 10.4. The summed E-state index contributed by atoms with van der Waals surface area (Å²) >= 11 is 7.05. The van der Waals surface area contributed by atoms with Gasteiger partial charge in [-0.1, -0.05) is 11.6 Å². The molecule has 236 valence electrons. The van der Waals surface area contributed by atoms with Gasteiger partial charge in [0.05, 0.1) is 15.8 Å². The molecule has 11 nitrogen and oxygen atoms in total. The molecule has 1 aromatic carbocycles. The predicted octanol–water partition coefficient (Wildman–Crippen LogP) is 3.15. The highest BCUT2D eigenvalue weighted by molar-refractivity contribution is 7.92. The Morgan fingerprint density at radius 2 is 1.77 bits per heavy atom. The Morgan fingerprint density at radius 3 is 2.42 bits per heavy atom. The summed E-state index contributed by atoms with van der Waals surface area (Å²) in [6.07, 6.45) is -1.73. The lowest BCUT2D eigenvalue weighted by Gasteiger charge is -2.34. The van der Waals surface area contributed by atoms with Crippen molar-refractivity contribution in [2.75, 3.05) is 26.2 Å². The topological polar surface area (TPSA) is 142 Å². The molecule has 2 aliphatic rings. The second kappa shape index (κ2) is 13.5. The van der Waals surface area contributed by atoms with E-state index in [4.69, 9.17) is 11.6 Å². The zero-order valence-electron chi connectivity index (χ0n) is 22.4. The lowest BCUT2D eigenvalue weighted by atomic mass is 10.1. The van der Waals surface area contributed by atoms with Crippen LogP contribution in [0.2, 0.25) is 4.34 Å². The lowest BCUT2D eigenvalue weighted by Crippen LogP contribution is -2.55. The van der Waals surface area contributed by atoms with Gasteiger partial charge < -0.3 is 14.5 Å². The van der Waals surface area contributed by atoms with Gasteiger partial charge in [0.2, 0.25) is 31.9 Å². The first-order valence-electron chi connectivity index (χ1n) is 13.0. The van der Waals surface area contributed by atoms with E-state index in [9.17, 15) is 39.6 Å². The highest BCUT2D eigenvalue weighted by atomic mass is 35.5. The maximum atomic E-state index is 13.2. The Bertz CT molecular complexity index is 1560. The average Bonchev–Trinajstić information content (AvgIpc) is 3.57. The number of sulfonamides is 2. The fourth-order valence-corrected chi connectivity index (χ4v) is 7.90. The first-order valence-corrected chi connectivity index (χ1v) is 17.2. The maximum Gasteiger partial charge on any atom is 0.573 e. The Hall–Kier alpha value is -2.70. The van der Waals surface area contributed by atoms with Gasteiger partial charge in [0.15, 0.2) is 0 Å². The summed E-state index contributed by atoms with van der Waals surface area (Å²) in [6, 6.07) is 5.44. The lowest BCUT2D eigenvalue weighted by molar-refractivity contribution is -0.274. The number of piperidine rings is 1. The van der Waals surface area contributed by atoms with Crippen LogP contribution in [0.15, 0.2) is 46.7 Å². The van der Waals surface area contributed by atoms with Gasteiger partial charge in [-0.05, 0) is 68.2 Å². The van der Waals surface area contributed by atoms with Crippen molar-refractivity contribution < 1.29 is 44.3 Å². The highest BCUT2D eigenvalue weighted by Crippen LogP contribution is 2.25. The molecule has 18 heteroatoms. The second-order valence-corrected chi connectivity index (χ2v) is 14.9. The van der Waals surface area contributed by atoms with Crippen LogP contribution in [-0.4, -0.2) is 83.1 Å². The van der Waals surface area contributed by atoms with Gasteiger partial charge in [-0.3, -0.25) is 9.59 Å². The second-order valence-electron chi connectivity index (χ2n) is 9.82. The first kappa shape index (κ1) is 33.2. The third kappa shape index (κ3) is 9.39. The van der Waals surface area contributed by atoms with E-state index in [0.717, 1.165) is 29.7 Å². The van der Waals surface area contributed by atoms with Crippen molar-refractivity contribution in [3.8, 4) is 5.75 Å². The summed E-state index contributed by atoms with van der Waals surface area (Å²) in [4.78, 5) is 29.3. The smallest absolute Gasteiger partial charge is 0.406 e. The number of likely N-dealkylation sites (tertiary alicyclic amines) is 2. The highest BCUT2D eigenvalue weighted by Gasteiger charge is 2.36. The van der Waals surface area contributed by atoms with E-state index >= 15 is 0 Å². The van der Waals surface area contributed by atoms with Crippen LogP contribution < -0.4 is 14.2 Å². The van der Waals surface area contributed by atoms with Crippen LogP contribution in [0, 0.1) is 0 Å². The van der Waals surface area contributed by atoms with Crippen molar-refractivity contribution in [3.05, 3.63) is 51.0 Å². The molecule has 4 rings (SSSR count). The van der Waals surface area contributed by atoms with Crippen LogP contribution in [-0.2, 0) is 29.6 Å². The molecule has 0 spiro atoms. The van der Waals surface area contributed by atoms with E-state index in [1.807, 2.05) is 0 Å². The number of hydrogen-bond acceptors (Lipinski definition) is 8. The number of carbonyl (C=O) groups is 2. The third-order valence-corrected chi connectivity index (χ3v) is 10.5. The fourth-order valence-electron chi connectivity index (χ4n) is 4.76. The van der Waals surface area contributed by atoms with E-state index in [2.05, 4.69) is 14.2 Å². The number of thiophene rings is 1. The molecule has 2 saturated heterocycles. The third-order valence-electron chi connectivity index (χ3n) is 6.74. The van der Waals surface area contributed by atoms with Gasteiger partial charge in [-0.25, -0.2) is 21.6 Å². The number of alkyl halides is 3. The summed E-state index contributed by atoms with van der Waals surface area (Å²) in [5.41, 5.74) is 0. The van der Waals surface area contributed by atoms with Crippen molar-refractivity contribution >= 4 is 60.9 Å². The molecule has 2 N–H and O–H groups in total. The zero-order valence-corrected chi connectivity index (χ0v) is 25.6.